The average molecular weight is 423 g/mol. The first-order valence-electron chi connectivity index (χ1n) is 10.8. The van der Waals surface area contributed by atoms with Gasteiger partial charge in [0, 0.05) is 25.2 Å². The van der Waals surface area contributed by atoms with Crippen LogP contribution in [0.25, 0.3) is 0 Å². The third-order valence-corrected chi connectivity index (χ3v) is 9.37. The minimum absolute atomic E-state index is 0.195. The molecule has 1 aromatic rings. The lowest BCUT2D eigenvalue weighted by Crippen LogP contribution is -2.51. The molecule has 4 bridgehead atoms. The number of amides is 1. The zero-order valence-electron chi connectivity index (χ0n) is 17.3. The van der Waals surface area contributed by atoms with E-state index >= 15 is 0 Å². The molecule has 4 aliphatic rings. The minimum atomic E-state index is -3.96. The molecule has 5 nitrogen and oxygen atoms in total. The highest BCUT2D eigenvalue weighted by Gasteiger charge is 2.50. The van der Waals surface area contributed by atoms with Gasteiger partial charge in [-0.3, -0.25) is 4.79 Å². The van der Waals surface area contributed by atoms with Crippen molar-refractivity contribution in [1.29, 1.82) is 0 Å². The van der Waals surface area contributed by atoms with Gasteiger partial charge in [0.15, 0.2) is 0 Å². The van der Waals surface area contributed by atoms with E-state index in [4.69, 9.17) is 0 Å². The zero-order chi connectivity index (χ0) is 20.8. The molecule has 0 atom stereocenters. The van der Waals surface area contributed by atoms with Crippen molar-refractivity contribution in [3.05, 3.63) is 29.6 Å². The first kappa shape index (κ1) is 20.8. The van der Waals surface area contributed by atoms with Gasteiger partial charge in [-0.25, -0.2) is 12.8 Å². The Labute approximate surface area is 173 Å². The van der Waals surface area contributed by atoms with Gasteiger partial charge in [0.25, 0.3) is 5.91 Å². The molecule has 0 saturated heterocycles. The highest BCUT2D eigenvalue weighted by Crippen LogP contribution is 2.59. The van der Waals surface area contributed by atoms with Crippen LogP contribution in [-0.2, 0) is 10.0 Å². The quantitative estimate of drug-likeness (QED) is 0.727. The van der Waals surface area contributed by atoms with Crippen molar-refractivity contribution in [3.8, 4) is 0 Å². The number of halogens is 1. The van der Waals surface area contributed by atoms with Crippen molar-refractivity contribution in [1.82, 2.24) is 9.62 Å². The first-order chi connectivity index (χ1) is 13.8. The van der Waals surface area contributed by atoms with E-state index in [1.165, 1.54) is 55.0 Å². The topological polar surface area (TPSA) is 66.5 Å². The van der Waals surface area contributed by atoms with Crippen molar-refractivity contribution in [2.75, 3.05) is 19.6 Å². The number of carbonyl (C=O) groups is 1. The Morgan fingerprint density at radius 3 is 2.17 bits per heavy atom. The second kappa shape index (κ2) is 7.65. The third kappa shape index (κ3) is 3.83. The van der Waals surface area contributed by atoms with Crippen LogP contribution in [0.5, 0.6) is 0 Å². The van der Waals surface area contributed by atoms with Crippen LogP contribution in [0.2, 0.25) is 0 Å². The number of carbonyl (C=O) groups excluding carboxylic acids is 1. The average Bonchev–Trinajstić information content (AvgIpc) is 2.66. The highest BCUT2D eigenvalue weighted by atomic mass is 32.2. The maximum Gasteiger partial charge on any atom is 0.251 e. The number of hydrogen-bond acceptors (Lipinski definition) is 3. The van der Waals surface area contributed by atoms with Gasteiger partial charge in [0.1, 0.15) is 10.7 Å². The van der Waals surface area contributed by atoms with Crippen LogP contribution in [0, 0.1) is 29.0 Å². The van der Waals surface area contributed by atoms with Gasteiger partial charge in [-0.1, -0.05) is 13.8 Å². The van der Waals surface area contributed by atoms with Crippen LogP contribution in [0.15, 0.2) is 23.1 Å². The molecular weight excluding hydrogens is 391 g/mol. The second-order valence-corrected chi connectivity index (χ2v) is 11.2. The van der Waals surface area contributed by atoms with E-state index in [9.17, 15) is 17.6 Å². The normalized spacial score (nSPS) is 30.7. The van der Waals surface area contributed by atoms with Crippen LogP contribution in [0.3, 0.4) is 0 Å². The fourth-order valence-electron chi connectivity index (χ4n) is 6.42. The fraction of sp³-hybridized carbons (Fsp3) is 0.682. The van der Waals surface area contributed by atoms with Crippen LogP contribution < -0.4 is 5.32 Å². The lowest BCUT2D eigenvalue weighted by molar-refractivity contribution is -0.0503. The van der Waals surface area contributed by atoms with E-state index < -0.39 is 20.7 Å². The molecule has 0 heterocycles. The number of nitrogens with zero attached hydrogens (tertiary/aromatic N) is 1. The molecule has 4 aliphatic carbocycles. The summed E-state index contributed by atoms with van der Waals surface area (Å²) < 4.78 is 41.0. The molecule has 7 heteroatoms. The second-order valence-electron chi connectivity index (χ2n) is 9.33. The van der Waals surface area contributed by atoms with Crippen LogP contribution in [-0.4, -0.2) is 38.3 Å². The van der Waals surface area contributed by atoms with Crippen LogP contribution in [0.4, 0.5) is 4.39 Å². The van der Waals surface area contributed by atoms with Crippen molar-refractivity contribution in [3.63, 3.8) is 0 Å². The molecule has 4 fully saturated rings. The standard InChI is InChI=1S/C22H31FN2O3S/c1-3-25(4-2)29(27,28)20-10-18(5-6-19(20)23)21(26)24-14-22-11-15-7-16(12-22)9-17(8-15)13-22/h5-6,10,15-17H,3-4,7-9,11-14H2,1-2H3,(H,24,26). The number of rotatable bonds is 7. The van der Waals surface area contributed by atoms with E-state index in [0.29, 0.717) is 6.54 Å². The van der Waals surface area contributed by atoms with E-state index in [-0.39, 0.29) is 30.0 Å². The smallest absolute Gasteiger partial charge is 0.251 e. The maximum atomic E-state index is 14.3. The van der Waals surface area contributed by atoms with Gasteiger partial charge in [-0.15, -0.1) is 0 Å². The Bertz CT molecular complexity index is 860. The minimum Gasteiger partial charge on any atom is -0.351 e. The summed E-state index contributed by atoms with van der Waals surface area (Å²) >= 11 is 0. The summed E-state index contributed by atoms with van der Waals surface area (Å²) in [6, 6.07) is 3.62. The molecule has 1 aromatic carbocycles. The molecule has 29 heavy (non-hydrogen) atoms. The molecule has 0 unspecified atom stereocenters. The molecular formula is C22H31FN2O3S. The molecule has 1 amide bonds. The van der Waals surface area contributed by atoms with Crippen molar-refractivity contribution >= 4 is 15.9 Å². The molecule has 0 spiro atoms. The van der Waals surface area contributed by atoms with Gasteiger partial charge in [0.2, 0.25) is 10.0 Å². The number of hydrogen-bond donors (Lipinski definition) is 1. The van der Waals surface area contributed by atoms with E-state index in [1.807, 2.05) is 0 Å². The predicted molar refractivity (Wildman–Crippen MR) is 109 cm³/mol. The Kier molecular flexibility index (Phi) is 5.49. The molecule has 0 radical (unpaired) electrons. The number of nitrogens with one attached hydrogen (secondary N) is 1. The molecule has 5 rings (SSSR count). The zero-order valence-corrected chi connectivity index (χ0v) is 18.1. The molecule has 4 saturated carbocycles. The molecule has 0 aliphatic heterocycles. The Hall–Kier alpha value is -1.47. The lowest BCUT2D eigenvalue weighted by Gasteiger charge is -2.56. The van der Waals surface area contributed by atoms with E-state index in [2.05, 4.69) is 5.32 Å². The molecule has 1 N–H and O–H groups in total. The number of benzene rings is 1. The number of sulfonamides is 1. The largest absolute Gasteiger partial charge is 0.351 e. The van der Waals surface area contributed by atoms with Gasteiger partial charge < -0.3 is 5.32 Å². The van der Waals surface area contributed by atoms with Gasteiger partial charge >= 0.3 is 0 Å². The maximum absolute atomic E-state index is 14.3. The summed E-state index contributed by atoms with van der Waals surface area (Å²) in [6.45, 7) is 4.55. The van der Waals surface area contributed by atoms with Crippen LogP contribution >= 0.6 is 0 Å². The monoisotopic (exact) mass is 422 g/mol. The summed E-state index contributed by atoms with van der Waals surface area (Å²) in [5, 5.41) is 3.04. The van der Waals surface area contributed by atoms with Crippen molar-refractivity contribution in [2.24, 2.45) is 23.2 Å². The van der Waals surface area contributed by atoms with Gasteiger partial charge in [-0.05, 0) is 79.9 Å². The fourth-order valence-corrected chi connectivity index (χ4v) is 7.97. The predicted octanol–water partition coefficient (Wildman–Crippen LogP) is 3.80. The van der Waals surface area contributed by atoms with E-state index in [1.54, 1.807) is 13.8 Å². The summed E-state index contributed by atoms with van der Waals surface area (Å²) in [4.78, 5) is 12.4. The van der Waals surface area contributed by atoms with Crippen molar-refractivity contribution < 1.29 is 17.6 Å². The molecule has 0 aromatic heterocycles. The Morgan fingerprint density at radius 2 is 1.66 bits per heavy atom. The molecule has 160 valence electrons. The lowest BCUT2D eigenvalue weighted by atomic mass is 9.49. The van der Waals surface area contributed by atoms with Crippen molar-refractivity contribution in [2.45, 2.75) is 57.3 Å². The summed E-state index contributed by atoms with van der Waals surface area (Å²) in [5.41, 5.74) is 0.391. The summed E-state index contributed by atoms with van der Waals surface area (Å²) in [7, 11) is -3.96. The highest BCUT2D eigenvalue weighted by molar-refractivity contribution is 7.89. The van der Waals surface area contributed by atoms with Gasteiger partial charge in [-0.2, -0.15) is 4.31 Å². The summed E-state index contributed by atoms with van der Waals surface area (Å²) in [5.74, 6) is 1.26. The Morgan fingerprint density at radius 1 is 1.10 bits per heavy atom. The van der Waals surface area contributed by atoms with E-state index in [0.717, 1.165) is 23.8 Å². The summed E-state index contributed by atoms with van der Waals surface area (Å²) in [6.07, 6.45) is 7.59. The first-order valence-corrected chi connectivity index (χ1v) is 12.3. The third-order valence-electron chi connectivity index (χ3n) is 7.31. The van der Waals surface area contributed by atoms with Gasteiger partial charge in [0.05, 0.1) is 0 Å². The SMILES string of the molecule is CCN(CC)S(=O)(=O)c1cc(C(=O)NCC23CC4CC(CC(C4)C2)C3)ccc1F. The Balaban J connectivity index is 1.50. The van der Waals surface area contributed by atoms with Crippen LogP contribution in [0.1, 0.15) is 62.7 Å².